The predicted octanol–water partition coefficient (Wildman–Crippen LogP) is 1.60. The molecule has 7 heteroatoms. The zero-order valence-corrected chi connectivity index (χ0v) is 9.99. The van der Waals surface area contributed by atoms with Crippen LogP contribution in [0.15, 0.2) is 47.5 Å². The molecule has 18 heavy (non-hydrogen) atoms. The summed E-state index contributed by atoms with van der Waals surface area (Å²) in [4.78, 5) is 3.32. The van der Waals surface area contributed by atoms with Gasteiger partial charge in [0.1, 0.15) is 16.5 Å². The zero-order chi connectivity index (χ0) is 13.2. The van der Waals surface area contributed by atoms with E-state index in [4.69, 9.17) is 5.73 Å². The van der Waals surface area contributed by atoms with E-state index in [1.165, 1.54) is 36.5 Å². The lowest BCUT2D eigenvalue weighted by molar-refractivity contribution is 0.570. The number of sulfonamides is 1. The van der Waals surface area contributed by atoms with E-state index in [9.17, 15) is 12.8 Å². The summed E-state index contributed by atoms with van der Waals surface area (Å²) in [6.45, 7) is 0. The number of rotatable bonds is 3. The highest BCUT2D eigenvalue weighted by molar-refractivity contribution is 7.92. The maximum atomic E-state index is 13.4. The Morgan fingerprint density at radius 1 is 1.17 bits per heavy atom. The van der Waals surface area contributed by atoms with E-state index in [0.717, 1.165) is 6.07 Å². The minimum atomic E-state index is -3.96. The van der Waals surface area contributed by atoms with Crippen LogP contribution in [-0.2, 0) is 10.0 Å². The summed E-state index contributed by atoms with van der Waals surface area (Å²) < 4.78 is 39.4. The standard InChI is InChI=1S/C11H10FN3O2S/c12-9-3-1-2-4-10(9)18(16,17)15-8-5-6-11(13)14-7-8/h1-7,15H,(H2,13,14). The van der Waals surface area contributed by atoms with Gasteiger partial charge < -0.3 is 5.73 Å². The molecule has 0 fully saturated rings. The van der Waals surface area contributed by atoms with Crippen molar-refractivity contribution in [1.29, 1.82) is 0 Å². The minimum Gasteiger partial charge on any atom is -0.384 e. The number of nitrogens with two attached hydrogens (primary N) is 1. The molecule has 0 unspecified atom stereocenters. The van der Waals surface area contributed by atoms with Crippen LogP contribution in [-0.4, -0.2) is 13.4 Å². The molecule has 5 nitrogen and oxygen atoms in total. The fourth-order valence-corrected chi connectivity index (χ4v) is 2.46. The van der Waals surface area contributed by atoms with Gasteiger partial charge >= 0.3 is 0 Å². The first-order valence-corrected chi connectivity index (χ1v) is 6.46. The Bertz CT molecular complexity index is 656. The molecule has 2 rings (SSSR count). The summed E-state index contributed by atoms with van der Waals surface area (Å²) >= 11 is 0. The van der Waals surface area contributed by atoms with Crippen LogP contribution < -0.4 is 10.5 Å². The minimum absolute atomic E-state index is 0.215. The number of nitrogens with one attached hydrogen (secondary N) is 1. The van der Waals surface area contributed by atoms with Crippen molar-refractivity contribution in [3.05, 3.63) is 48.4 Å². The van der Waals surface area contributed by atoms with Crippen molar-refractivity contribution in [3.8, 4) is 0 Å². The van der Waals surface area contributed by atoms with E-state index in [1.54, 1.807) is 0 Å². The van der Waals surface area contributed by atoms with Gasteiger partial charge in [-0.2, -0.15) is 0 Å². The molecule has 0 spiro atoms. The Hall–Kier alpha value is -2.15. The van der Waals surface area contributed by atoms with Crippen LogP contribution in [0.5, 0.6) is 0 Å². The topological polar surface area (TPSA) is 85.1 Å². The Labute approximate surface area is 104 Å². The Morgan fingerprint density at radius 3 is 2.50 bits per heavy atom. The molecular weight excluding hydrogens is 257 g/mol. The van der Waals surface area contributed by atoms with Crippen molar-refractivity contribution >= 4 is 21.5 Å². The van der Waals surface area contributed by atoms with Gasteiger partial charge in [-0.15, -0.1) is 0 Å². The average molecular weight is 267 g/mol. The number of anilines is 2. The maximum absolute atomic E-state index is 13.4. The number of hydrogen-bond acceptors (Lipinski definition) is 4. The second kappa shape index (κ2) is 4.61. The van der Waals surface area contributed by atoms with Crippen LogP contribution >= 0.6 is 0 Å². The van der Waals surface area contributed by atoms with Crippen LogP contribution in [0, 0.1) is 5.82 Å². The Morgan fingerprint density at radius 2 is 1.89 bits per heavy atom. The molecule has 94 valence electrons. The first-order valence-electron chi connectivity index (χ1n) is 4.98. The highest BCUT2D eigenvalue weighted by Crippen LogP contribution is 2.18. The Kier molecular flexibility index (Phi) is 3.15. The van der Waals surface area contributed by atoms with E-state index in [2.05, 4.69) is 9.71 Å². The zero-order valence-electron chi connectivity index (χ0n) is 9.17. The largest absolute Gasteiger partial charge is 0.384 e. The average Bonchev–Trinajstić information content (AvgIpc) is 2.32. The number of nitrogens with zero attached hydrogens (tertiary/aromatic N) is 1. The number of benzene rings is 1. The van der Waals surface area contributed by atoms with E-state index in [-0.39, 0.29) is 11.5 Å². The molecule has 3 N–H and O–H groups in total. The maximum Gasteiger partial charge on any atom is 0.264 e. The van der Waals surface area contributed by atoms with Gasteiger partial charge in [0.2, 0.25) is 0 Å². The number of aromatic nitrogens is 1. The van der Waals surface area contributed by atoms with Gasteiger partial charge in [-0.1, -0.05) is 12.1 Å². The molecular formula is C11H10FN3O2S. The van der Waals surface area contributed by atoms with Crippen LogP contribution in [0.25, 0.3) is 0 Å². The molecule has 0 atom stereocenters. The second-order valence-corrected chi connectivity index (χ2v) is 5.16. The summed E-state index contributed by atoms with van der Waals surface area (Å²) in [5.41, 5.74) is 5.59. The number of hydrogen-bond donors (Lipinski definition) is 2. The lowest BCUT2D eigenvalue weighted by Gasteiger charge is -2.08. The summed E-state index contributed by atoms with van der Waals surface area (Å²) in [5, 5.41) is 0. The van der Waals surface area contributed by atoms with Crippen LogP contribution in [0.3, 0.4) is 0 Å². The van der Waals surface area contributed by atoms with E-state index < -0.39 is 20.7 Å². The molecule has 0 aliphatic rings. The SMILES string of the molecule is Nc1ccc(NS(=O)(=O)c2ccccc2F)cn1. The third-order valence-corrected chi connectivity index (χ3v) is 3.58. The third kappa shape index (κ3) is 2.57. The van der Waals surface area contributed by atoms with Crippen molar-refractivity contribution in [2.24, 2.45) is 0 Å². The second-order valence-electron chi connectivity index (χ2n) is 3.51. The Balaban J connectivity index is 2.33. The molecule has 1 aromatic carbocycles. The van der Waals surface area contributed by atoms with Gasteiger partial charge in [-0.3, -0.25) is 4.72 Å². The van der Waals surface area contributed by atoms with Crippen molar-refractivity contribution in [1.82, 2.24) is 4.98 Å². The number of halogens is 1. The molecule has 0 amide bonds. The molecule has 0 radical (unpaired) electrons. The molecule has 1 heterocycles. The van der Waals surface area contributed by atoms with Gasteiger partial charge in [0.15, 0.2) is 0 Å². The highest BCUT2D eigenvalue weighted by Gasteiger charge is 2.18. The van der Waals surface area contributed by atoms with Crippen LogP contribution in [0.4, 0.5) is 15.9 Å². The molecule has 0 bridgehead atoms. The lowest BCUT2D eigenvalue weighted by atomic mass is 10.4. The molecule has 2 aromatic rings. The molecule has 0 saturated heterocycles. The van der Waals surface area contributed by atoms with E-state index in [1.807, 2.05) is 0 Å². The fraction of sp³-hybridized carbons (Fsp3) is 0. The molecule has 1 aromatic heterocycles. The normalized spacial score (nSPS) is 11.2. The lowest BCUT2D eigenvalue weighted by Crippen LogP contribution is -2.14. The fourth-order valence-electron chi connectivity index (χ4n) is 1.34. The van der Waals surface area contributed by atoms with E-state index in [0.29, 0.717) is 0 Å². The first kappa shape index (κ1) is 12.3. The number of pyridine rings is 1. The van der Waals surface area contributed by atoms with Crippen LogP contribution in [0.1, 0.15) is 0 Å². The molecule has 0 aliphatic carbocycles. The quantitative estimate of drug-likeness (QED) is 0.884. The summed E-state index contributed by atoms with van der Waals surface area (Å²) in [5.74, 6) is -0.544. The summed E-state index contributed by atoms with van der Waals surface area (Å²) in [6, 6.07) is 8.01. The van der Waals surface area contributed by atoms with E-state index >= 15 is 0 Å². The predicted molar refractivity (Wildman–Crippen MR) is 65.9 cm³/mol. The summed E-state index contributed by atoms with van der Waals surface area (Å²) in [6.07, 6.45) is 1.26. The van der Waals surface area contributed by atoms with Gasteiger partial charge in [-0.05, 0) is 24.3 Å². The van der Waals surface area contributed by atoms with Gasteiger partial charge in [-0.25, -0.2) is 17.8 Å². The van der Waals surface area contributed by atoms with Crippen molar-refractivity contribution in [2.45, 2.75) is 4.90 Å². The third-order valence-electron chi connectivity index (χ3n) is 2.16. The highest BCUT2D eigenvalue weighted by atomic mass is 32.2. The van der Waals surface area contributed by atoms with Crippen molar-refractivity contribution in [2.75, 3.05) is 10.5 Å². The molecule has 0 aliphatic heterocycles. The smallest absolute Gasteiger partial charge is 0.264 e. The van der Waals surface area contributed by atoms with Gasteiger partial charge in [0.05, 0.1) is 11.9 Å². The monoisotopic (exact) mass is 267 g/mol. The van der Waals surface area contributed by atoms with Gasteiger partial charge in [0.25, 0.3) is 10.0 Å². The van der Waals surface area contributed by atoms with Crippen LogP contribution in [0.2, 0.25) is 0 Å². The first-order chi connectivity index (χ1) is 8.49. The van der Waals surface area contributed by atoms with Crippen molar-refractivity contribution in [3.63, 3.8) is 0 Å². The van der Waals surface area contributed by atoms with Crippen molar-refractivity contribution < 1.29 is 12.8 Å². The molecule has 0 saturated carbocycles. The summed E-state index contributed by atoms with van der Waals surface area (Å²) in [7, 11) is -3.96. The van der Waals surface area contributed by atoms with Gasteiger partial charge in [0, 0.05) is 0 Å². The number of nitrogen functional groups attached to an aromatic ring is 1.